The van der Waals surface area contributed by atoms with E-state index in [0.717, 1.165) is 5.56 Å². The Hall–Kier alpha value is -4.24. The van der Waals surface area contributed by atoms with Crippen LogP contribution >= 0.6 is 0 Å². The predicted molar refractivity (Wildman–Crippen MR) is 155 cm³/mol. The number of methoxy groups -OCH3 is 1. The molecule has 0 bridgehead atoms. The van der Waals surface area contributed by atoms with E-state index in [1.54, 1.807) is 54.3 Å². The lowest BCUT2D eigenvalue weighted by atomic mass is 10.0. The Kier molecular flexibility index (Phi) is 9.73. The van der Waals surface area contributed by atoms with Crippen molar-refractivity contribution in [1.29, 1.82) is 0 Å². The van der Waals surface area contributed by atoms with Crippen molar-refractivity contribution < 1.29 is 28.2 Å². The fourth-order valence-corrected chi connectivity index (χ4v) is 4.91. The molecule has 9 heteroatoms. The first-order valence-corrected chi connectivity index (χ1v) is 13.6. The SMILES string of the molecule is CO[C@H]1CN(C)C(=O)c2ccc(NC(=O)Cc3ccccc3)cc2OC[C@H](C)N(C(=O)c2ccccc2F)C[C@H]1C. The van der Waals surface area contributed by atoms with Crippen molar-refractivity contribution in [3.05, 3.63) is 95.3 Å². The van der Waals surface area contributed by atoms with Crippen LogP contribution in [0.1, 0.15) is 40.1 Å². The predicted octanol–water partition coefficient (Wildman–Crippen LogP) is 4.65. The molecule has 1 heterocycles. The number of rotatable bonds is 5. The average molecular weight is 562 g/mol. The number of likely N-dealkylation sites (N-methyl/N-ethyl adjacent to an activating group) is 1. The third-order valence-electron chi connectivity index (χ3n) is 7.30. The van der Waals surface area contributed by atoms with Crippen LogP contribution in [0.4, 0.5) is 10.1 Å². The maximum Gasteiger partial charge on any atom is 0.257 e. The number of nitrogens with zero attached hydrogens (tertiary/aromatic N) is 2. The lowest BCUT2D eigenvalue weighted by Crippen LogP contribution is -2.48. The summed E-state index contributed by atoms with van der Waals surface area (Å²) in [6, 6.07) is 19.7. The molecule has 1 N–H and O–H groups in total. The standard InChI is InChI=1S/C32H36FN3O5/c1-21-18-36(32(39)25-12-8-9-13-27(25)33)22(2)20-41-28-17-24(34-30(37)16-23-10-6-5-7-11-23)14-15-26(28)31(38)35(3)19-29(21)40-4/h5-15,17,21-22,29H,16,18-20H2,1-4H3,(H,34,37)/t21-,22+,29+/m1/s1. The number of carbonyl (C=O) groups is 3. The summed E-state index contributed by atoms with van der Waals surface area (Å²) in [4.78, 5) is 42.8. The fourth-order valence-electron chi connectivity index (χ4n) is 4.91. The van der Waals surface area contributed by atoms with Crippen molar-refractivity contribution in [1.82, 2.24) is 9.80 Å². The highest BCUT2D eigenvalue weighted by molar-refractivity contribution is 5.99. The number of hydrogen-bond acceptors (Lipinski definition) is 5. The Balaban J connectivity index is 1.64. The smallest absolute Gasteiger partial charge is 0.257 e. The van der Waals surface area contributed by atoms with Gasteiger partial charge in [0.1, 0.15) is 18.2 Å². The van der Waals surface area contributed by atoms with E-state index in [-0.39, 0.29) is 61.3 Å². The molecule has 0 unspecified atom stereocenters. The molecule has 3 amide bonds. The van der Waals surface area contributed by atoms with E-state index in [2.05, 4.69) is 5.32 Å². The Bertz CT molecular complexity index is 1380. The number of carbonyl (C=O) groups excluding carboxylic acids is 3. The van der Waals surface area contributed by atoms with Crippen LogP contribution in [-0.4, -0.2) is 73.5 Å². The van der Waals surface area contributed by atoms with Crippen LogP contribution in [0.5, 0.6) is 5.75 Å². The zero-order chi connectivity index (χ0) is 29.5. The van der Waals surface area contributed by atoms with Crippen LogP contribution in [0.25, 0.3) is 0 Å². The Morgan fingerprint density at radius 2 is 1.73 bits per heavy atom. The zero-order valence-corrected chi connectivity index (χ0v) is 23.8. The van der Waals surface area contributed by atoms with Gasteiger partial charge in [-0.15, -0.1) is 0 Å². The zero-order valence-electron chi connectivity index (χ0n) is 23.8. The topological polar surface area (TPSA) is 88.2 Å². The minimum Gasteiger partial charge on any atom is -0.491 e. The molecule has 0 saturated carbocycles. The molecule has 4 rings (SSSR count). The second-order valence-electron chi connectivity index (χ2n) is 10.5. The summed E-state index contributed by atoms with van der Waals surface area (Å²) >= 11 is 0. The Morgan fingerprint density at radius 3 is 2.44 bits per heavy atom. The summed E-state index contributed by atoms with van der Waals surface area (Å²) in [5, 5.41) is 2.87. The summed E-state index contributed by atoms with van der Waals surface area (Å²) in [6.45, 7) is 4.32. The molecule has 8 nitrogen and oxygen atoms in total. The summed E-state index contributed by atoms with van der Waals surface area (Å²) in [5.41, 5.74) is 1.64. The number of benzene rings is 3. The first kappa shape index (κ1) is 29.7. The quantitative estimate of drug-likeness (QED) is 0.490. The van der Waals surface area contributed by atoms with Gasteiger partial charge >= 0.3 is 0 Å². The maximum absolute atomic E-state index is 14.6. The maximum atomic E-state index is 14.6. The van der Waals surface area contributed by atoms with Gasteiger partial charge in [0.05, 0.1) is 29.7 Å². The number of halogens is 1. The first-order valence-electron chi connectivity index (χ1n) is 13.6. The Labute approximate surface area is 240 Å². The van der Waals surface area contributed by atoms with Crippen LogP contribution in [0.2, 0.25) is 0 Å². The molecule has 0 spiro atoms. The minimum atomic E-state index is -0.598. The molecule has 0 saturated heterocycles. The van der Waals surface area contributed by atoms with E-state index in [1.165, 1.54) is 12.1 Å². The molecule has 0 aliphatic carbocycles. The van der Waals surface area contributed by atoms with Crippen molar-refractivity contribution in [2.75, 3.05) is 39.2 Å². The van der Waals surface area contributed by atoms with Gasteiger partial charge in [-0.3, -0.25) is 14.4 Å². The highest BCUT2D eigenvalue weighted by Gasteiger charge is 2.31. The van der Waals surface area contributed by atoms with Gasteiger partial charge in [0.15, 0.2) is 0 Å². The molecule has 1 aliphatic rings. The van der Waals surface area contributed by atoms with E-state index < -0.39 is 17.8 Å². The highest BCUT2D eigenvalue weighted by atomic mass is 19.1. The molecule has 41 heavy (non-hydrogen) atoms. The number of hydrogen-bond donors (Lipinski definition) is 1. The number of ether oxygens (including phenoxy) is 2. The molecular formula is C32H36FN3O5. The second-order valence-corrected chi connectivity index (χ2v) is 10.5. The van der Waals surface area contributed by atoms with E-state index in [4.69, 9.17) is 9.47 Å². The van der Waals surface area contributed by atoms with Gasteiger partial charge in [-0.1, -0.05) is 49.4 Å². The van der Waals surface area contributed by atoms with Gasteiger partial charge in [0.2, 0.25) is 5.91 Å². The molecule has 0 fully saturated rings. The summed E-state index contributed by atoms with van der Waals surface area (Å²) < 4.78 is 26.5. The van der Waals surface area contributed by atoms with Crippen molar-refractivity contribution in [2.24, 2.45) is 5.92 Å². The first-order chi connectivity index (χ1) is 19.7. The molecular weight excluding hydrogens is 525 g/mol. The van der Waals surface area contributed by atoms with E-state index >= 15 is 0 Å². The monoisotopic (exact) mass is 561 g/mol. The van der Waals surface area contributed by atoms with Crippen LogP contribution in [0.3, 0.4) is 0 Å². The lowest BCUT2D eigenvalue weighted by molar-refractivity contribution is -0.115. The molecule has 3 aromatic carbocycles. The van der Waals surface area contributed by atoms with Crippen LogP contribution in [-0.2, 0) is 16.0 Å². The molecule has 0 aromatic heterocycles. The molecule has 3 atom stereocenters. The second kappa shape index (κ2) is 13.4. The van der Waals surface area contributed by atoms with E-state index in [0.29, 0.717) is 11.3 Å². The third-order valence-corrected chi connectivity index (χ3v) is 7.30. The molecule has 0 radical (unpaired) electrons. The minimum absolute atomic E-state index is 0.0243. The van der Waals surface area contributed by atoms with Crippen molar-refractivity contribution in [3.63, 3.8) is 0 Å². The average Bonchev–Trinajstić information content (AvgIpc) is 2.96. The number of amides is 3. The lowest BCUT2D eigenvalue weighted by Gasteiger charge is -2.36. The normalized spacial score (nSPS) is 19.8. The van der Waals surface area contributed by atoms with Crippen LogP contribution in [0, 0.1) is 11.7 Å². The van der Waals surface area contributed by atoms with Crippen molar-refractivity contribution in [3.8, 4) is 5.75 Å². The molecule has 3 aromatic rings. The van der Waals surface area contributed by atoms with Gasteiger partial charge in [-0.2, -0.15) is 0 Å². The van der Waals surface area contributed by atoms with Crippen molar-refractivity contribution >= 4 is 23.4 Å². The highest BCUT2D eigenvalue weighted by Crippen LogP contribution is 2.27. The molecule has 216 valence electrons. The largest absolute Gasteiger partial charge is 0.491 e. The van der Waals surface area contributed by atoms with Crippen LogP contribution in [0.15, 0.2) is 72.8 Å². The number of anilines is 1. The van der Waals surface area contributed by atoms with Gasteiger partial charge in [-0.25, -0.2) is 4.39 Å². The van der Waals surface area contributed by atoms with Gasteiger partial charge in [0.25, 0.3) is 11.8 Å². The van der Waals surface area contributed by atoms with E-state index in [1.807, 2.05) is 44.2 Å². The fraction of sp³-hybridized carbons (Fsp3) is 0.344. The van der Waals surface area contributed by atoms with Crippen molar-refractivity contribution in [2.45, 2.75) is 32.4 Å². The summed E-state index contributed by atoms with van der Waals surface area (Å²) in [5.74, 6) is -1.42. The van der Waals surface area contributed by atoms with Gasteiger partial charge in [0, 0.05) is 44.9 Å². The summed E-state index contributed by atoms with van der Waals surface area (Å²) in [6.07, 6.45) is -0.186. The molecule has 1 aliphatic heterocycles. The number of fused-ring (bicyclic) bond motifs is 1. The Morgan fingerprint density at radius 1 is 1.02 bits per heavy atom. The van der Waals surface area contributed by atoms with E-state index in [9.17, 15) is 18.8 Å². The van der Waals surface area contributed by atoms with Gasteiger partial charge < -0.3 is 24.6 Å². The van der Waals surface area contributed by atoms with Crippen LogP contribution < -0.4 is 10.1 Å². The van der Waals surface area contributed by atoms with Gasteiger partial charge in [-0.05, 0) is 36.8 Å². The third kappa shape index (κ3) is 7.29. The number of nitrogens with one attached hydrogen (secondary N) is 1. The summed E-state index contributed by atoms with van der Waals surface area (Å²) in [7, 11) is 3.25.